The zero-order valence-electron chi connectivity index (χ0n) is 14.3. The fourth-order valence-electron chi connectivity index (χ4n) is 2.30. The number of carbonyl (C=O) groups excluding carboxylic acids is 1. The largest absolute Gasteiger partial charge is 0.478 e. The van der Waals surface area contributed by atoms with E-state index in [1.54, 1.807) is 6.92 Å². The Morgan fingerprint density at radius 3 is 2.77 bits per heavy atom. The molecule has 0 saturated carbocycles. The third kappa shape index (κ3) is 3.97. The zero-order chi connectivity index (χ0) is 18.5. The predicted molar refractivity (Wildman–Crippen MR) is 90.7 cm³/mol. The molecule has 8 nitrogen and oxygen atoms in total. The van der Waals surface area contributed by atoms with Gasteiger partial charge in [0.05, 0.1) is 12.3 Å². The second kappa shape index (κ2) is 7.64. The van der Waals surface area contributed by atoms with Crippen LogP contribution in [0.4, 0.5) is 0 Å². The molecule has 0 aliphatic rings. The molecule has 26 heavy (non-hydrogen) atoms. The van der Waals surface area contributed by atoms with Crippen molar-refractivity contribution in [3.8, 4) is 5.75 Å². The second-order valence-electron chi connectivity index (χ2n) is 5.58. The Hall–Kier alpha value is -3.42. The third-order valence-electron chi connectivity index (χ3n) is 3.66. The normalized spacial score (nSPS) is 11.8. The Kier molecular flexibility index (Phi) is 5.12. The lowest BCUT2D eigenvalue weighted by Crippen LogP contribution is -2.26. The number of ether oxygens (including phenoxy) is 1. The van der Waals surface area contributed by atoms with Gasteiger partial charge in [-0.25, -0.2) is 0 Å². The van der Waals surface area contributed by atoms with Crippen LogP contribution in [0.2, 0.25) is 0 Å². The molecular weight excluding hydrogens is 338 g/mol. The summed E-state index contributed by atoms with van der Waals surface area (Å²) in [6.45, 7) is 3.34. The molecule has 0 bridgehead atoms. The molecule has 3 rings (SSSR count). The van der Waals surface area contributed by atoms with Crippen molar-refractivity contribution in [2.45, 2.75) is 26.5 Å². The summed E-state index contributed by atoms with van der Waals surface area (Å²) < 4.78 is 15.4. The lowest BCUT2D eigenvalue weighted by atomic mass is 10.1. The van der Waals surface area contributed by atoms with Crippen molar-refractivity contribution < 1.29 is 18.5 Å². The van der Waals surface area contributed by atoms with Crippen LogP contribution in [0.5, 0.6) is 5.75 Å². The smallest absolute Gasteiger partial charge is 0.316 e. The summed E-state index contributed by atoms with van der Waals surface area (Å²) in [6, 6.07) is 10.5. The molecule has 134 valence electrons. The summed E-state index contributed by atoms with van der Waals surface area (Å²) in [6.07, 6.45) is 1.29. The van der Waals surface area contributed by atoms with Gasteiger partial charge in [0, 0.05) is 6.07 Å². The number of hydrogen-bond acceptors (Lipinski definition) is 7. The van der Waals surface area contributed by atoms with E-state index in [0.717, 1.165) is 5.56 Å². The number of nitrogens with zero attached hydrogens (tertiary/aromatic N) is 2. The lowest BCUT2D eigenvalue weighted by Gasteiger charge is -2.12. The number of hydrogen-bond donors (Lipinski definition) is 1. The van der Waals surface area contributed by atoms with Crippen molar-refractivity contribution in [3.63, 3.8) is 0 Å². The van der Waals surface area contributed by atoms with Gasteiger partial charge in [-0.3, -0.25) is 9.59 Å². The average molecular weight is 355 g/mol. The van der Waals surface area contributed by atoms with Crippen molar-refractivity contribution in [1.29, 1.82) is 0 Å². The molecule has 2 heterocycles. The molecule has 3 aromatic rings. The second-order valence-corrected chi connectivity index (χ2v) is 5.58. The van der Waals surface area contributed by atoms with Crippen molar-refractivity contribution in [2.24, 2.45) is 0 Å². The Morgan fingerprint density at radius 1 is 1.27 bits per heavy atom. The fraction of sp³-hybridized carbons (Fsp3) is 0.222. The van der Waals surface area contributed by atoms with Crippen LogP contribution in [-0.4, -0.2) is 16.0 Å². The van der Waals surface area contributed by atoms with E-state index in [1.165, 1.54) is 12.3 Å². The Balaban J connectivity index is 1.62. The minimum absolute atomic E-state index is 0.0704. The molecule has 1 amide bonds. The average Bonchev–Trinajstić information content (AvgIpc) is 3.11. The van der Waals surface area contributed by atoms with Crippen LogP contribution in [0, 0.1) is 6.92 Å². The van der Waals surface area contributed by atoms with E-state index in [4.69, 9.17) is 13.7 Å². The monoisotopic (exact) mass is 355 g/mol. The third-order valence-corrected chi connectivity index (χ3v) is 3.66. The summed E-state index contributed by atoms with van der Waals surface area (Å²) >= 11 is 0. The minimum Gasteiger partial charge on any atom is -0.478 e. The molecule has 0 fully saturated rings. The first kappa shape index (κ1) is 17.4. The number of aromatic nitrogens is 2. The first-order valence-electron chi connectivity index (χ1n) is 7.94. The fourth-order valence-corrected chi connectivity index (χ4v) is 2.30. The number of aryl methyl sites for hydroxylation is 1. The van der Waals surface area contributed by atoms with E-state index < -0.39 is 5.91 Å². The summed E-state index contributed by atoms with van der Waals surface area (Å²) in [5, 5.41) is 6.46. The van der Waals surface area contributed by atoms with Crippen molar-refractivity contribution >= 4 is 5.91 Å². The first-order chi connectivity index (χ1) is 12.5. The molecule has 0 radical (unpaired) electrons. The molecule has 8 heteroatoms. The Bertz CT molecular complexity index is 949. The standard InChI is InChI=1S/C18H17N3O5/c1-11(13-6-4-3-5-7-13)19-17(23)18-20-15(21-26-18)10-25-16-12(2)24-9-8-14(16)22/h3-9,11H,10H2,1-2H3,(H,19,23)/t11-/m0/s1. The number of amides is 1. The maximum absolute atomic E-state index is 12.2. The highest BCUT2D eigenvalue weighted by Gasteiger charge is 2.18. The van der Waals surface area contributed by atoms with Crippen LogP contribution in [0.15, 0.2) is 56.4 Å². The van der Waals surface area contributed by atoms with Gasteiger partial charge in [-0.05, 0) is 19.4 Å². The van der Waals surface area contributed by atoms with Crippen molar-refractivity contribution in [1.82, 2.24) is 15.5 Å². The van der Waals surface area contributed by atoms with Crippen LogP contribution in [-0.2, 0) is 6.61 Å². The van der Waals surface area contributed by atoms with Gasteiger partial charge in [-0.2, -0.15) is 4.98 Å². The van der Waals surface area contributed by atoms with E-state index in [9.17, 15) is 9.59 Å². The number of carbonyl (C=O) groups is 1. The lowest BCUT2D eigenvalue weighted by molar-refractivity contribution is 0.0895. The molecule has 0 unspecified atom stereocenters. The van der Waals surface area contributed by atoms with Gasteiger partial charge in [-0.1, -0.05) is 35.5 Å². The molecule has 0 spiro atoms. The number of benzene rings is 1. The van der Waals surface area contributed by atoms with Crippen LogP contribution >= 0.6 is 0 Å². The Morgan fingerprint density at radius 2 is 2.04 bits per heavy atom. The maximum atomic E-state index is 12.2. The van der Waals surface area contributed by atoms with E-state index in [2.05, 4.69) is 15.5 Å². The number of nitrogens with one attached hydrogen (secondary N) is 1. The highest BCUT2D eigenvalue weighted by molar-refractivity contribution is 5.89. The molecule has 0 aliphatic carbocycles. The van der Waals surface area contributed by atoms with Gasteiger partial charge in [0.2, 0.25) is 17.0 Å². The van der Waals surface area contributed by atoms with Crippen LogP contribution in [0.1, 0.15) is 40.8 Å². The van der Waals surface area contributed by atoms with Gasteiger partial charge in [0.1, 0.15) is 5.76 Å². The molecule has 1 aromatic carbocycles. The van der Waals surface area contributed by atoms with Gasteiger partial charge in [0.25, 0.3) is 0 Å². The number of rotatable bonds is 6. The Labute approximate surface area is 148 Å². The maximum Gasteiger partial charge on any atom is 0.316 e. The summed E-state index contributed by atoms with van der Waals surface area (Å²) in [5.74, 6) is -0.111. The molecule has 0 aliphatic heterocycles. The minimum atomic E-state index is -0.490. The van der Waals surface area contributed by atoms with Gasteiger partial charge in [0.15, 0.2) is 6.61 Å². The molecule has 0 saturated heterocycles. The van der Waals surface area contributed by atoms with Crippen LogP contribution in [0.3, 0.4) is 0 Å². The summed E-state index contributed by atoms with van der Waals surface area (Å²) in [4.78, 5) is 27.9. The van der Waals surface area contributed by atoms with Crippen LogP contribution in [0.25, 0.3) is 0 Å². The molecule has 2 aromatic heterocycles. The van der Waals surface area contributed by atoms with Gasteiger partial charge in [-0.15, -0.1) is 0 Å². The van der Waals surface area contributed by atoms with Crippen molar-refractivity contribution in [2.75, 3.05) is 0 Å². The quantitative estimate of drug-likeness (QED) is 0.723. The van der Waals surface area contributed by atoms with Gasteiger partial charge >= 0.3 is 11.8 Å². The van der Waals surface area contributed by atoms with E-state index >= 15 is 0 Å². The zero-order valence-corrected chi connectivity index (χ0v) is 14.3. The summed E-state index contributed by atoms with van der Waals surface area (Å²) in [7, 11) is 0. The summed E-state index contributed by atoms with van der Waals surface area (Å²) in [5.41, 5.74) is 0.641. The first-order valence-corrected chi connectivity index (χ1v) is 7.94. The van der Waals surface area contributed by atoms with Gasteiger partial charge < -0.3 is 19.0 Å². The molecule has 1 atom stereocenters. The van der Waals surface area contributed by atoms with Crippen molar-refractivity contribution in [3.05, 3.63) is 75.9 Å². The van der Waals surface area contributed by atoms with E-state index in [-0.39, 0.29) is 35.5 Å². The van der Waals surface area contributed by atoms with E-state index in [1.807, 2.05) is 37.3 Å². The van der Waals surface area contributed by atoms with Crippen LogP contribution < -0.4 is 15.5 Å². The highest BCUT2D eigenvalue weighted by Crippen LogP contribution is 2.14. The molecule has 1 N–H and O–H groups in total. The van der Waals surface area contributed by atoms with E-state index in [0.29, 0.717) is 5.76 Å². The molecular formula is C18H17N3O5. The highest BCUT2D eigenvalue weighted by atomic mass is 16.5. The topological polar surface area (TPSA) is 107 Å². The predicted octanol–water partition coefficient (Wildman–Crippen LogP) is 2.40. The SMILES string of the molecule is Cc1occc(=O)c1OCc1noc(C(=O)N[C@@H](C)c2ccccc2)n1.